The molecule has 112 valence electrons. The maximum Gasteiger partial charge on any atom is 0.230 e. The normalized spacial score (nSPS) is 10.9. The van der Waals surface area contributed by atoms with Gasteiger partial charge in [-0.3, -0.25) is 4.79 Å². The Morgan fingerprint density at radius 3 is 2.76 bits per heavy atom. The van der Waals surface area contributed by atoms with Crippen LogP contribution in [0.25, 0.3) is 0 Å². The number of halogens is 1. The Morgan fingerprint density at radius 1 is 1.38 bits per heavy atom. The van der Waals surface area contributed by atoms with Gasteiger partial charge in [-0.2, -0.15) is 0 Å². The maximum atomic E-state index is 11.8. The molecule has 2 aromatic rings. The van der Waals surface area contributed by atoms with Crippen molar-refractivity contribution in [3.05, 3.63) is 34.9 Å². The summed E-state index contributed by atoms with van der Waals surface area (Å²) >= 11 is 7.13. The first kappa shape index (κ1) is 15.8. The Labute approximate surface area is 132 Å². The second kappa shape index (κ2) is 7.42. The lowest BCUT2D eigenvalue weighted by Gasteiger charge is -2.07. The number of thioether (sulfide) groups is 1. The molecule has 0 atom stereocenters. The second-order valence-corrected chi connectivity index (χ2v) is 6.07. The first-order valence-electron chi connectivity index (χ1n) is 6.48. The summed E-state index contributed by atoms with van der Waals surface area (Å²) in [7, 11) is 0. The Kier molecular flexibility index (Phi) is 5.58. The standard InChI is InChI=1S/C13H16ClN5OS/c1-9(2)19-13(16-17-18-19)21-8-12(20)15-7-10-3-5-11(14)6-4-10/h3-6,9H,7-8H2,1-2H3,(H,15,20). The zero-order valence-corrected chi connectivity index (χ0v) is 13.4. The van der Waals surface area contributed by atoms with Crippen LogP contribution in [0.4, 0.5) is 0 Å². The van der Waals surface area contributed by atoms with Gasteiger partial charge < -0.3 is 5.32 Å². The zero-order valence-electron chi connectivity index (χ0n) is 11.8. The van der Waals surface area contributed by atoms with E-state index in [1.54, 1.807) is 16.8 Å². The molecule has 0 spiro atoms. The van der Waals surface area contributed by atoms with Crippen molar-refractivity contribution in [3.8, 4) is 0 Å². The van der Waals surface area contributed by atoms with Gasteiger partial charge in [0.15, 0.2) is 0 Å². The van der Waals surface area contributed by atoms with Crippen LogP contribution in [0.5, 0.6) is 0 Å². The lowest BCUT2D eigenvalue weighted by atomic mass is 10.2. The molecule has 1 amide bonds. The van der Waals surface area contributed by atoms with Crippen LogP contribution in [0.3, 0.4) is 0 Å². The Morgan fingerprint density at radius 2 is 2.10 bits per heavy atom. The number of aromatic nitrogens is 4. The van der Waals surface area contributed by atoms with E-state index < -0.39 is 0 Å². The summed E-state index contributed by atoms with van der Waals surface area (Å²) in [6, 6.07) is 7.53. The van der Waals surface area contributed by atoms with E-state index in [1.165, 1.54) is 11.8 Å². The predicted octanol–water partition coefficient (Wildman–Crippen LogP) is 2.32. The highest BCUT2D eigenvalue weighted by molar-refractivity contribution is 7.99. The molecule has 1 N–H and O–H groups in total. The molecular weight excluding hydrogens is 310 g/mol. The number of tetrazole rings is 1. The predicted molar refractivity (Wildman–Crippen MR) is 82.2 cm³/mol. The Hall–Kier alpha value is -1.60. The summed E-state index contributed by atoms with van der Waals surface area (Å²) in [4.78, 5) is 11.8. The number of benzene rings is 1. The van der Waals surface area contributed by atoms with Gasteiger partial charge in [0.05, 0.1) is 11.8 Å². The summed E-state index contributed by atoms with van der Waals surface area (Å²) in [5, 5.41) is 15.6. The number of hydrogen-bond acceptors (Lipinski definition) is 5. The van der Waals surface area contributed by atoms with Crippen molar-refractivity contribution < 1.29 is 4.79 Å². The number of nitrogens with one attached hydrogen (secondary N) is 1. The van der Waals surface area contributed by atoms with Crippen LogP contribution in [0.1, 0.15) is 25.5 Å². The molecule has 1 aromatic heterocycles. The molecule has 0 fully saturated rings. The lowest BCUT2D eigenvalue weighted by Crippen LogP contribution is -2.24. The van der Waals surface area contributed by atoms with E-state index in [2.05, 4.69) is 20.8 Å². The highest BCUT2D eigenvalue weighted by Crippen LogP contribution is 2.17. The van der Waals surface area contributed by atoms with Gasteiger partial charge >= 0.3 is 0 Å². The second-order valence-electron chi connectivity index (χ2n) is 4.69. The van der Waals surface area contributed by atoms with Crippen molar-refractivity contribution >= 4 is 29.3 Å². The van der Waals surface area contributed by atoms with Gasteiger partial charge in [0, 0.05) is 11.6 Å². The van der Waals surface area contributed by atoms with Gasteiger partial charge in [-0.05, 0) is 42.0 Å². The molecule has 0 aliphatic rings. The van der Waals surface area contributed by atoms with E-state index >= 15 is 0 Å². The number of hydrogen-bond donors (Lipinski definition) is 1. The summed E-state index contributed by atoms with van der Waals surface area (Å²) in [5.41, 5.74) is 1.00. The van der Waals surface area contributed by atoms with Crippen LogP contribution in [0.2, 0.25) is 5.02 Å². The number of carbonyl (C=O) groups excluding carboxylic acids is 1. The molecule has 0 saturated carbocycles. The molecule has 0 aliphatic heterocycles. The Bertz CT molecular complexity index is 599. The highest BCUT2D eigenvalue weighted by Gasteiger charge is 2.11. The van der Waals surface area contributed by atoms with Crippen molar-refractivity contribution in [1.29, 1.82) is 0 Å². The molecule has 1 aromatic carbocycles. The molecule has 2 rings (SSSR count). The van der Waals surface area contributed by atoms with Crippen molar-refractivity contribution in [2.45, 2.75) is 31.6 Å². The summed E-state index contributed by atoms with van der Waals surface area (Å²) in [6.07, 6.45) is 0. The summed E-state index contributed by atoms with van der Waals surface area (Å²) in [6.45, 7) is 4.45. The van der Waals surface area contributed by atoms with Gasteiger partial charge in [-0.25, -0.2) is 4.68 Å². The number of carbonyl (C=O) groups is 1. The minimum absolute atomic E-state index is 0.0618. The minimum atomic E-state index is -0.0618. The fraction of sp³-hybridized carbons (Fsp3) is 0.385. The Balaban J connectivity index is 1.79. The van der Waals surface area contributed by atoms with E-state index in [4.69, 9.17) is 11.6 Å². The van der Waals surface area contributed by atoms with E-state index in [-0.39, 0.29) is 17.7 Å². The lowest BCUT2D eigenvalue weighted by molar-refractivity contribution is -0.118. The van der Waals surface area contributed by atoms with Crippen molar-refractivity contribution in [2.75, 3.05) is 5.75 Å². The number of amides is 1. The SMILES string of the molecule is CC(C)n1nnnc1SCC(=O)NCc1ccc(Cl)cc1. The van der Waals surface area contributed by atoms with E-state index in [1.807, 2.05) is 26.0 Å². The van der Waals surface area contributed by atoms with Crippen LogP contribution < -0.4 is 5.32 Å². The van der Waals surface area contributed by atoms with Crippen molar-refractivity contribution in [1.82, 2.24) is 25.5 Å². The third-order valence-corrected chi connectivity index (χ3v) is 3.87. The van der Waals surface area contributed by atoms with Gasteiger partial charge in [0.2, 0.25) is 11.1 Å². The summed E-state index contributed by atoms with van der Waals surface area (Å²) in [5.74, 6) is 0.217. The van der Waals surface area contributed by atoms with Gasteiger partial charge in [0.1, 0.15) is 0 Å². The molecule has 0 bridgehead atoms. The molecule has 0 aliphatic carbocycles. The third kappa shape index (κ3) is 4.71. The number of nitrogens with zero attached hydrogens (tertiary/aromatic N) is 4. The number of rotatable bonds is 6. The van der Waals surface area contributed by atoms with Crippen molar-refractivity contribution in [3.63, 3.8) is 0 Å². The molecule has 8 heteroatoms. The molecule has 0 radical (unpaired) electrons. The molecule has 6 nitrogen and oxygen atoms in total. The smallest absolute Gasteiger partial charge is 0.230 e. The van der Waals surface area contributed by atoms with Crippen LogP contribution in [0.15, 0.2) is 29.4 Å². The van der Waals surface area contributed by atoms with E-state index in [0.29, 0.717) is 16.7 Å². The van der Waals surface area contributed by atoms with Gasteiger partial charge in [-0.15, -0.1) is 5.10 Å². The summed E-state index contributed by atoms with van der Waals surface area (Å²) < 4.78 is 1.69. The van der Waals surface area contributed by atoms with Crippen LogP contribution in [-0.2, 0) is 11.3 Å². The van der Waals surface area contributed by atoms with Crippen LogP contribution >= 0.6 is 23.4 Å². The molecule has 0 saturated heterocycles. The quantitative estimate of drug-likeness (QED) is 0.825. The first-order chi connectivity index (χ1) is 10.1. The van der Waals surface area contributed by atoms with Crippen molar-refractivity contribution in [2.24, 2.45) is 0 Å². The highest BCUT2D eigenvalue weighted by atomic mass is 35.5. The molecule has 1 heterocycles. The minimum Gasteiger partial charge on any atom is -0.351 e. The van der Waals surface area contributed by atoms with Gasteiger partial charge in [0.25, 0.3) is 0 Å². The van der Waals surface area contributed by atoms with Gasteiger partial charge in [-0.1, -0.05) is 35.5 Å². The fourth-order valence-corrected chi connectivity index (χ4v) is 2.55. The van der Waals surface area contributed by atoms with Crippen LogP contribution in [0, 0.1) is 0 Å². The largest absolute Gasteiger partial charge is 0.351 e. The maximum absolute atomic E-state index is 11.8. The fourth-order valence-electron chi connectivity index (χ4n) is 1.59. The average Bonchev–Trinajstić information content (AvgIpc) is 2.93. The van der Waals surface area contributed by atoms with Crippen LogP contribution in [-0.4, -0.2) is 31.9 Å². The van der Waals surface area contributed by atoms with E-state index in [9.17, 15) is 4.79 Å². The molecule has 21 heavy (non-hydrogen) atoms. The topological polar surface area (TPSA) is 72.7 Å². The average molecular weight is 326 g/mol. The molecule has 0 unspecified atom stereocenters. The molecular formula is C13H16ClN5OS. The van der Waals surface area contributed by atoms with E-state index in [0.717, 1.165) is 5.56 Å². The monoisotopic (exact) mass is 325 g/mol. The first-order valence-corrected chi connectivity index (χ1v) is 7.84. The zero-order chi connectivity index (χ0) is 15.2. The third-order valence-electron chi connectivity index (χ3n) is 2.69.